The lowest BCUT2D eigenvalue weighted by molar-refractivity contribution is -0.136. The summed E-state index contributed by atoms with van der Waals surface area (Å²) in [5.41, 5.74) is 0.404. The lowest BCUT2D eigenvalue weighted by Crippen LogP contribution is -2.15. The number of nitrogens with one attached hydrogen (secondary N) is 2. The molecule has 0 bridgehead atoms. The Labute approximate surface area is 198 Å². The van der Waals surface area contributed by atoms with Crippen molar-refractivity contribution in [3.05, 3.63) is 59.7 Å². The molecule has 11 heteroatoms. The Morgan fingerprint density at radius 3 is 2.43 bits per heavy atom. The molecule has 0 radical (unpaired) electrons. The summed E-state index contributed by atoms with van der Waals surface area (Å²) in [7, 11) is 1.21. The zero-order valence-electron chi connectivity index (χ0n) is 19.1. The number of hydrogen-bond donors (Lipinski definition) is 2. The van der Waals surface area contributed by atoms with E-state index >= 15 is 0 Å². The molecule has 1 aromatic heterocycles. The van der Waals surface area contributed by atoms with Crippen LogP contribution in [0.5, 0.6) is 11.5 Å². The molecule has 0 saturated heterocycles. The van der Waals surface area contributed by atoms with Crippen LogP contribution >= 0.6 is 0 Å². The van der Waals surface area contributed by atoms with Crippen molar-refractivity contribution in [1.29, 1.82) is 0 Å². The van der Waals surface area contributed by atoms with Crippen molar-refractivity contribution < 1.29 is 41.7 Å². The zero-order valence-corrected chi connectivity index (χ0v) is 19.1. The second kappa shape index (κ2) is 11.3. The van der Waals surface area contributed by atoms with Crippen molar-refractivity contribution in [2.24, 2.45) is 0 Å². The van der Waals surface area contributed by atoms with Crippen LogP contribution in [0.1, 0.15) is 29.8 Å². The molecule has 0 aliphatic rings. The molecule has 8 nitrogen and oxygen atoms in total. The number of ether oxygens (including phenoxy) is 4. The molecule has 1 heterocycles. The fraction of sp³-hybridized carbons (Fsp3) is 0.250. The second-order valence-corrected chi connectivity index (χ2v) is 6.96. The number of esters is 2. The van der Waals surface area contributed by atoms with E-state index in [2.05, 4.69) is 15.0 Å². The molecule has 2 N–H and O–H groups in total. The lowest BCUT2D eigenvalue weighted by atomic mass is 9.99. The zero-order chi connectivity index (χ0) is 25.5. The summed E-state index contributed by atoms with van der Waals surface area (Å²) < 4.78 is 59.7. The van der Waals surface area contributed by atoms with E-state index < -0.39 is 30.1 Å². The van der Waals surface area contributed by atoms with Crippen LogP contribution in [0, 0.1) is 5.82 Å². The fourth-order valence-corrected chi connectivity index (χ4v) is 3.36. The molecule has 0 amide bonds. The van der Waals surface area contributed by atoms with Crippen molar-refractivity contribution in [1.82, 2.24) is 4.98 Å². The van der Waals surface area contributed by atoms with Gasteiger partial charge >= 0.3 is 18.6 Å². The second-order valence-electron chi connectivity index (χ2n) is 6.96. The van der Waals surface area contributed by atoms with Crippen molar-refractivity contribution in [2.75, 3.05) is 25.6 Å². The normalized spacial score (nSPS) is 11.5. The highest BCUT2D eigenvalue weighted by molar-refractivity contribution is 6.19. The smallest absolute Gasteiger partial charge is 0.387 e. The van der Waals surface area contributed by atoms with Crippen LogP contribution < -0.4 is 14.8 Å². The molecule has 0 saturated carbocycles. The lowest BCUT2D eigenvalue weighted by Gasteiger charge is -2.17. The van der Waals surface area contributed by atoms with Gasteiger partial charge in [-0.15, -0.1) is 0 Å². The Morgan fingerprint density at radius 1 is 1.06 bits per heavy atom. The van der Waals surface area contributed by atoms with Crippen LogP contribution in [0.3, 0.4) is 0 Å². The van der Waals surface area contributed by atoms with Gasteiger partial charge in [0.15, 0.2) is 11.5 Å². The van der Waals surface area contributed by atoms with E-state index in [0.717, 1.165) is 6.07 Å². The summed E-state index contributed by atoms with van der Waals surface area (Å²) in [5, 5.41) is 3.50. The fourth-order valence-electron chi connectivity index (χ4n) is 3.36. The highest BCUT2D eigenvalue weighted by atomic mass is 19.3. The van der Waals surface area contributed by atoms with E-state index in [9.17, 15) is 22.8 Å². The number of H-pyrrole nitrogens is 1. The quantitative estimate of drug-likeness (QED) is 0.300. The summed E-state index contributed by atoms with van der Waals surface area (Å²) in [6.45, 7) is -0.0425. The van der Waals surface area contributed by atoms with E-state index in [1.54, 1.807) is 26.1 Å². The van der Waals surface area contributed by atoms with Crippen LogP contribution in [0.4, 0.5) is 18.9 Å². The number of fused-ring (bicyclic) bond motifs is 1. The van der Waals surface area contributed by atoms with Gasteiger partial charge in [0, 0.05) is 23.3 Å². The first-order chi connectivity index (χ1) is 16.8. The molecule has 3 aromatic rings. The van der Waals surface area contributed by atoms with Crippen LogP contribution in [0.25, 0.3) is 16.5 Å². The Bertz CT molecular complexity index is 1260. The average Bonchev–Trinajstić information content (AvgIpc) is 3.28. The molecule has 2 aromatic carbocycles. The van der Waals surface area contributed by atoms with Gasteiger partial charge in [-0.05, 0) is 44.2 Å². The summed E-state index contributed by atoms with van der Waals surface area (Å²) in [5.74, 6) is -2.85. The predicted octanol–water partition coefficient (Wildman–Crippen LogP) is 5.11. The highest BCUT2D eigenvalue weighted by Gasteiger charge is 2.26. The van der Waals surface area contributed by atoms with Gasteiger partial charge in [-0.1, -0.05) is 0 Å². The van der Waals surface area contributed by atoms with Gasteiger partial charge in [-0.25, -0.2) is 14.0 Å². The van der Waals surface area contributed by atoms with Crippen molar-refractivity contribution in [2.45, 2.75) is 20.5 Å². The number of aromatic amines is 1. The van der Waals surface area contributed by atoms with Gasteiger partial charge in [-0.2, -0.15) is 8.78 Å². The van der Waals surface area contributed by atoms with Gasteiger partial charge in [-0.3, -0.25) is 0 Å². The Balaban J connectivity index is 2.19. The minimum Gasteiger partial charge on any atom is -0.493 e. The van der Waals surface area contributed by atoms with E-state index in [1.807, 2.05) is 0 Å². The van der Waals surface area contributed by atoms with Crippen LogP contribution in [-0.4, -0.2) is 43.9 Å². The number of anilines is 1. The molecule has 186 valence electrons. The predicted molar refractivity (Wildman–Crippen MR) is 122 cm³/mol. The monoisotopic (exact) mass is 492 g/mol. The molecule has 35 heavy (non-hydrogen) atoms. The van der Waals surface area contributed by atoms with Crippen LogP contribution in [-0.2, 0) is 14.3 Å². The number of hydrogen-bond acceptors (Lipinski definition) is 7. The molecule has 0 unspecified atom stereocenters. The van der Waals surface area contributed by atoms with Crippen LogP contribution in [0.2, 0.25) is 0 Å². The maximum Gasteiger partial charge on any atom is 0.387 e. The molecule has 0 aliphatic carbocycles. The third-order valence-electron chi connectivity index (χ3n) is 4.81. The number of aromatic nitrogens is 1. The summed E-state index contributed by atoms with van der Waals surface area (Å²) in [6, 6.07) is 6.42. The SMILES string of the molecule is CCOC(=O)C(=CNc1cc(F)cc2[nH]ccc12)c1cc(OC)c(OC(F)F)cc1C(=O)OCC. The van der Waals surface area contributed by atoms with E-state index in [-0.39, 0.29) is 35.7 Å². The topological polar surface area (TPSA) is 98.9 Å². The molecule has 0 aliphatic heterocycles. The first-order valence-electron chi connectivity index (χ1n) is 10.5. The summed E-state index contributed by atoms with van der Waals surface area (Å²) in [4.78, 5) is 28.5. The van der Waals surface area contributed by atoms with Gasteiger partial charge in [0.05, 0.1) is 42.7 Å². The van der Waals surface area contributed by atoms with E-state index in [1.165, 1.54) is 31.5 Å². The standard InChI is InChI=1S/C24H23F3N2O6/c1-4-33-22(30)16-11-21(35-24(26)27)20(32-3)10-15(16)17(23(31)34-5-2)12-29-19-9-13(25)8-18-14(19)6-7-28-18/h6-12,24,28-29H,4-5H2,1-3H3. The van der Waals surface area contributed by atoms with Crippen molar-refractivity contribution in [3.8, 4) is 11.5 Å². The maximum absolute atomic E-state index is 14.1. The average molecular weight is 492 g/mol. The van der Waals surface area contributed by atoms with Crippen LogP contribution in [0.15, 0.2) is 42.7 Å². The van der Waals surface area contributed by atoms with Gasteiger partial charge in [0.25, 0.3) is 0 Å². The Kier molecular flexibility index (Phi) is 8.24. The third kappa shape index (κ3) is 5.86. The number of carbonyl (C=O) groups excluding carboxylic acids is 2. The van der Waals surface area contributed by atoms with Gasteiger partial charge in [0.1, 0.15) is 5.82 Å². The number of halogens is 3. The van der Waals surface area contributed by atoms with E-state index in [4.69, 9.17) is 14.2 Å². The van der Waals surface area contributed by atoms with Gasteiger partial charge in [0.2, 0.25) is 0 Å². The Morgan fingerprint density at radius 2 is 1.77 bits per heavy atom. The first-order valence-corrected chi connectivity index (χ1v) is 10.5. The number of methoxy groups -OCH3 is 1. The number of benzene rings is 2. The van der Waals surface area contributed by atoms with Crippen molar-refractivity contribution in [3.63, 3.8) is 0 Å². The first kappa shape index (κ1) is 25.5. The number of alkyl halides is 2. The highest BCUT2D eigenvalue weighted by Crippen LogP contribution is 2.36. The minimum absolute atomic E-state index is 0.0106. The van der Waals surface area contributed by atoms with E-state index in [0.29, 0.717) is 16.6 Å². The summed E-state index contributed by atoms with van der Waals surface area (Å²) >= 11 is 0. The number of rotatable bonds is 10. The molecular weight excluding hydrogens is 469 g/mol. The molecule has 3 rings (SSSR count). The molecule has 0 spiro atoms. The number of carbonyl (C=O) groups is 2. The Hall–Kier alpha value is -4.15. The minimum atomic E-state index is -3.19. The van der Waals surface area contributed by atoms with Crippen molar-refractivity contribution >= 4 is 34.1 Å². The molecule has 0 fully saturated rings. The van der Waals surface area contributed by atoms with Gasteiger partial charge < -0.3 is 29.2 Å². The molecule has 0 atom stereocenters. The third-order valence-corrected chi connectivity index (χ3v) is 4.81. The maximum atomic E-state index is 14.1. The summed E-state index contributed by atoms with van der Waals surface area (Å²) in [6.07, 6.45) is 2.85. The largest absolute Gasteiger partial charge is 0.493 e. The molecular formula is C24H23F3N2O6.